The molecule has 0 bridgehead atoms. The van der Waals surface area contributed by atoms with Crippen molar-refractivity contribution in [2.75, 3.05) is 11.9 Å². The van der Waals surface area contributed by atoms with Crippen LogP contribution in [-0.2, 0) is 14.3 Å². The summed E-state index contributed by atoms with van der Waals surface area (Å²) in [5.41, 5.74) is 7.07. The molecule has 5 nitrogen and oxygen atoms in total. The first-order chi connectivity index (χ1) is 11.1. The minimum atomic E-state index is -0.748. The largest absolute Gasteiger partial charge is 0.462 e. The number of amides is 1. The van der Waals surface area contributed by atoms with Gasteiger partial charge in [-0.3, -0.25) is 4.79 Å². The molecular formula is C18H18N2O3. The topological polar surface area (TPSA) is 81.4 Å². The molecule has 2 aromatic carbocycles. The molecule has 0 aliphatic carbocycles. The molecule has 3 N–H and O–H groups in total. The molecule has 0 spiro atoms. The highest BCUT2D eigenvalue weighted by atomic mass is 16.5. The van der Waals surface area contributed by atoms with E-state index < -0.39 is 11.9 Å². The van der Waals surface area contributed by atoms with Crippen LogP contribution in [0.2, 0.25) is 0 Å². The van der Waals surface area contributed by atoms with Crippen LogP contribution in [0.4, 0.5) is 5.69 Å². The summed E-state index contributed by atoms with van der Waals surface area (Å²) in [6.07, 6.45) is 0. The summed E-state index contributed by atoms with van der Waals surface area (Å²) in [5, 5.41) is 2.65. The first-order valence-corrected chi connectivity index (χ1v) is 7.22. The van der Waals surface area contributed by atoms with Gasteiger partial charge in [-0.15, -0.1) is 0 Å². The number of nitrogens with two attached hydrogens (primary N) is 1. The Morgan fingerprint density at radius 2 is 1.57 bits per heavy atom. The van der Waals surface area contributed by atoms with Crippen LogP contribution in [-0.4, -0.2) is 18.5 Å². The maximum atomic E-state index is 12.5. The lowest BCUT2D eigenvalue weighted by atomic mass is 10.1. The molecule has 2 rings (SSSR count). The fourth-order valence-corrected chi connectivity index (χ4v) is 2.01. The van der Waals surface area contributed by atoms with E-state index in [4.69, 9.17) is 10.5 Å². The van der Waals surface area contributed by atoms with Crippen LogP contribution in [0.25, 0.3) is 5.70 Å². The Balaban J connectivity index is 2.38. The van der Waals surface area contributed by atoms with Gasteiger partial charge in [0.25, 0.3) is 5.91 Å². The number of hydrogen-bond donors (Lipinski definition) is 2. The monoisotopic (exact) mass is 310 g/mol. The maximum absolute atomic E-state index is 12.5. The van der Waals surface area contributed by atoms with E-state index >= 15 is 0 Å². The van der Waals surface area contributed by atoms with Crippen LogP contribution >= 0.6 is 0 Å². The Morgan fingerprint density at radius 1 is 1.00 bits per heavy atom. The molecule has 2 aromatic rings. The Kier molecular flexibility index (Phi) is 5.52. The van der Waals surface area contributed by atoms with E-state index in [1.54, 1.807) is 55.5 Å². The minimum Gasteiger partial charge on any atom is -0.462 e. The van der Waals surface area contributed by atoms with Crippen molar-refractivity contribution in [1.29, 1.82) is 0 Å². The normalized spacial score (nSPS) is 11.3. The number of carbonyl (C=O) groups is 2. The second-order valence-corrected chi connectivity index (χ2v) is 4.70. The van der Waals surface area contributed by atoms with Crippen molar-refractivity contribution < 1.29 is 14.3 Å². The summed E-state index contributed by atoms with van der Waals surface area (Å²) in [6, 6.07) is 17.7. The lowest BCUT2D eigenvalue weighted by molar-refractivity contribution is -0.139. The second kappa shape index (κ2) is 7.79. The molecule has 0 aliphatic heterocycles. The molecule has 0 saturated carbocycles. The molecule has 0 fully saturated rings. The van der Waals surface area contributed by atoms with E-state index in [1.807, 2.05) is 12.1 Å². The van der Waals surface area contributed by atoms with E-state index in [2.05, 4.69) is 5.32 Å². The Hall–Kier alpha value is -3.08. The van der Waals surface area contributed by atoms with E-state index in [9.17, 15) is 9.59 Å². The van der Waals surface area contributed by atoms with Crippen LogP contribution in [0.15, 0.2) is 66.2 Å². The van der Waals surface area contributed by atoms with Crippen LogP contribution in [0.1, 0.15) is 12.5 Å². The molecule has 1 amide bonds. The third kappa shape index (κ3) is 4.20. The number of carbonyl (C=O) groups excluding carboxylic acids is 2. The van der Waals surface area contributed by atoms with E-state index in [-0.39, 0.29) is 17.9 Å². The number of hydrogen-bond acceptors (Lipinski definition) is 4. The Bertz CT molecular complexity index is 710. The SMILES string of the molecule is CCOC(=O)/C(C(=O)Nc1ccccc1)=C(/N)c1ccccc1. The van der Waals surface area contributed by atoms with Gasteiger partial charge in [0, 0.05) is 5.69 Å². The van der Waals surface area contributed by atoms with Gasteiger partial charge in [0.2, 0.25) is 0 Å². The molecule has 0 saturated heterocycles. The smallest absolute Gasteiger partial charge is 0.345 e. The van der Waals surface area contributed by atoms with Gasteiger partial charge in [0.05, 0.1) is 12.3 Å². The van der Waals surface area contributed by atoms with Gasteiger partial charge in [-0.05, 0) is 24.6 Å². The fourth-order valence-electron chi connectivity index (χ4n) is 2.01. The first-order valence-electron chi connectivity index (χ1n) is 7.22. The Labute approximate surface area is 134 Å². The third-order valence-corrected chi connectivity index (χ3v) is 3.09. The molecule has 0 atom stereocenters. The average Bonchev–Trinajstić information content (AvgIpc) is 2.57. The molecule has 0 radical (unpaired) electrons. The number of nitrogens with one attached hydrogen (secondary N) is 1. The molecule has 5 heteroatoms. The first kappa shape index (κ1) is 16.3. The molecule has 0 aliphatic rings. The standard InChI is InChI=1S/C18H18N2O3/c1-2-23-18(22)15(16(19)13-9-5-3-6-10-13)17(21)20-14-11-7-4-8-12-14/h3-12H,2,19H2,1H3,(H,20,21)/b16-15+. The van der Waals surface area contributed by atoms with Crippen molar-refractivity contribution in [3.8, 4) is 0 Å². The summed E-state index contributed by atoms with van der Waals surface area (Å²) in [7, 11) is 0. The van der Waals surface area contributed by atoms with Crippen LogP contribution in [0, 0.1) is 0 Å². The number of benzene rings is 2. The van der Waals surface area contributed by atoms with Crippen LogP contribution < -0.4 is 11.1 Å². The van der Waals surface area contributed by atoms with Gasteiger partial charge in [0.1, 0.15) is 5.57 Å². The Morgan fingerprint density at radius 3 is 2.13 bits per heavy atom. The van der Waals surface area contributed by atoms with Crippen molar-refractivity contribution in [1.82, 2.24) is 0 Å². The fraction of sp³-hybridized carbons (Fsp3) is 0.111. The number of rotatable bonds is 5. The van der Waals surface area contributed by atoms with Crippen molar-refractivity contribution >= 4 is 23.3 Å². The molecule has 0 unspecified atom stereocenters. The maximum Gasteiger partial charge on any atom is 0.345 e. The highest BCUT2D eigenvalue weighted by molar-refractivity contribution is 6.25. The van der Waals surface area contributed by atoms with Crippen LogP contribution in [0.3, 0.4) is 0 Å². The van der Waals surface area contributed by atoms with Crippen molar-refractivity contribution in [2.45, 2.75) is 6.92 Å². The second-order valence-electron chi connectivity index (χ2n) is 4.70. The number of esters is 1. The zero-order chi connectivity index (χ0) is 16.7. The number of para-hydroxylation sites is 1. The summed E-state index contributed by atoms with van der Waals surface area (Å²) < 4.78 is 4.97. The summed E-state index contributed by atoms with van der Waals surface area (Å²) in [5.74, 6) is -1.35. The summed E-state index contributed by atoms with van der Waals surface area (Å²) >= 11 is 0. The quantitative estimate of drug-likeness (QED) is 0.385. The predicted octanol–water partition coefficient (Wildman–Crippen LogP) is 2.56. The molecule has 0 aromatic heterocycles. The van der Waals surface area contributed by atoms with E-state index in [1.165, 1.54) is 0 Å². The lowest BCUT2D eigenvalue weighted by Crippen LogP contribution is -2.25. The highest BCUT2D eigenvalue weighted by Crippen LogP contribution is 2.17. The average molecular weight is 310 g/mol. The number of anilines is 1. The zero-order valence-electron chi connectivity index (χ0n) is 12.8. The van der Waals surface area contributed by atoms with Crippen molar-refractivity contribution in [2.24, 2.45) is 5.73 Å². The summed E-state index contributed by atoms with van der Waals surface area (Å²) in [6.45, 7) is 1.83. The molecule has 23 heavy (non-hydrogen) atoms. The van der Waals surface area contributed by atoms with Gasteiger partial charge in [-0.1, -0.05) is 48.5 Å². The van der Waals surface area contributed by atoms with Crippen molar-refractivity contribution in [3.05, 3.63) is 71.8 Å². The molecule has 118 valence electrons. The minimum absolute atomic E-state index is 0.0810. The lowest BCUT2D eigenvalue weighted by Gasteiger charge is -2.12. The molecular weight excluding hydrogens is 292 g/mol. The summed E-state index contributed by atoms with van der Waals surface area (Å²) in [4.78, 5) is 24.7. The van der Waals surface area contributed by atoms with Gasteiger partial charge in [-0.25, -0.2) is 4.79 Å². The van der Waals surface area contributed by atoms with Gasteiger partial charge >= 0.3 is 5.97 Å². The van der Waals surface area contributed by atoms with E-state index in [0.717, 1.165) is 0 Å². The van der Waals surface area contributed by atoms with Gasteiger partial charge in [-0.2, -0.15) is 0 Å². The molecule has 0 heterocycles. The van der Waals surface area contributed by atoms with Gasteiger partial charge < -0.3 is 15.8 Å². The predicted molar refractivity (Wildman–Crippen MR) is 89.3 cm³/mol. The van der Waals surface area contributed by atoms with Gasteiger partial charge in [0.15, 0.2) is 0 Å². The highest BCUT2D eigenvalue weighted by Gasteiger charge is 2.24. The van der Waals surface area contributed by atoms with Crippen LogP contribution in [0.5, 0.6) is 0 Å². The number of ether oxygens (including phenoxy) is 1. The van der Waals surface area contributed by atoms with E-state index in [0.29, 0.717) is 11.3 Å². The van der Waals surface area contributed by atoms with Crippen molar-refractivity contribution in [3.63, 3.8) is 0 Å². The zero-order valence-corrected chi connectivity index (χ0v) is 12.8. The third-order valence-electron chi connectivity index (χ3n) is 3.09.